The molecule has 106 valence electrons. The van der Waals surface area contributed by atoms with Crippen molar-refractivity contribution < 1.29 is 9.59 Å². The number of carbonyl (C=O) groups is 2. The van der Waals surface area contributed by atoms with Crippen LogP contribution in [0.15, 0.2) is 0 Å². The maximum absolute atomic E-state index is 11.0. The first-order chi connectivity index (χ1) is 8.70. The van der Waals surface area contributed by atoms with Gasteiger partial charge in [-0.1, -0.05) is 21.6 Å². The molecule has 0 spiro atoms. The van der Waals surface area contributed by atoms with Gasteiger partial charge in [-0.25, -0.2) is 9.59 Å². The first kappa shape index (κ1) is 17.2. The lowest BCUT2D eigenvalue weighted by atomic mass is 10.7. The molecule has 8 heteroatoms. The van der Waals surface area contributed by atoms with Crippen LogP contribution >= 0.6 is 21.6 Å². The van der Waals surface area contributed by atoms with Crippen molar-refractivity contribution in [2.75, 3.05) is 37.7 Å². The molecule has 0 aliphatic carbocycles. The van der Waals surface area contributed by atoms with E-state index in [9.17, 15) is 9.59 Å². The summed E-state index contributed by atoms with van der Waals surface area (Å²) in [4.78, 5) is 22.0. The lowest BCUT2D eigenvalue weighted by Gasteiger charge is -2.06. The summed E-state index contributed by atoms with van der Waals surface area (Å²) in [7, 11) is 3.36. The highest BCUT2D eigenvalue weighted by Gasteiger charge is 1.98. The van der Waals surface area contributed by atoms with E-state index in [0.29, 0.717) is 26.2 Å². The molecule has 0 atom stereocenters. The van der Waals surface area contributed by atoms with E-state index in [-0.39, 0.29) is 12.1 Å². The highest BCUT2D eigenvalue weighted by molar-refractivity contribution is 8.76. The Bertz CT molecular complexity index is 218. The van der Waals surface area contributed by atoms with Gasteiger partial charge in [0.25, 0.3) is 0 Å². The molecule has 0 saturated carbocycles. The van der Waals surface area contributed by atoms with Gasteiger partial charge in [-0.2, -0.15) is 0 Å². The number of amides is 4. The molecule has 0 rings (SSSR count). The van der Waals surface area contributed by atoms with Gasteiger partial charge >= 0.3 is 12.1 Å². The Morgan fingerprint density at radius 3 is 1.50 bits per heavy atom. The lowest BCUT2D eigenvalue weighted by Crippen LogP contribution is -2.36. The van der Waals surface area contributed by atoms with E-state index >= 15 is 0 Å². The van der Waals surface area contributed by atoms with E-state index in [1.807, 2.05) is 13.8 Å². The minimum absolute atomic E-state index is 0.124. The fourth-order valence-corrected chi connectivity index (χ4v) is 2.79. The van der Waals surface area contributed by atoms with Gasteiger partial charge in [-0.15, -0.1) is 0 Å². The number of urea groups is 2. The topological polar surface area (TPSA) is 82.3 Å². The molecule has 0 heterocycles. The third-order valence-corrected chi connectivity index (χ3v) is 4.11. The molecule has 0 aromatic carbocycles. The van der Waals surface area contributed by atoms with Crippen LogP contribution in [0.4, 0.5) is 9.59 Å². The second kappa shape index (κ2) is 12.7. The standard InChI is InChI=1S/C10H22N4O2S2/c1-3-11-9(15)13-5-7-17-18-8-6-14-10(16)12-4-2/h3-8H2,1-2H3,(H2,11,13,15)(H2,12,14,16). The zero-order valence-electron chi connectivity index (χ0n) is 10.9. The third-order valence-electron chi connectivity index (χ3n) is 1.70. The summed E-state index contributed by atoms with van der Waals surface area (Å²) >= 11 is 0. The smallest absolute Gasteiger partial charge is 0.314 e. The van der Waals surface area contributed by atoms with Crippen molar-refractivity contribution in [3.63, 3.8) is 0 Å². The minimum atomic E-state index is -0.124. The molecule has 0 radical (unpaired) electrons. The van der Waals surface area contributed by atoms with Crippen LogP contribution < -0.4 is 21.3 Å². The molecule has 0 fully saturated rings. The number of hydrogen-bond donors (Lipinski definition) is 4. The number of carbonyl (C=O) groups excluding carboxylic acids is 2. The normalized spacial score (nSPS) is 9.67. The van der Waals surface area contributed by atoms with Crippen molar-refractivity contribution in [3.8, 4) is 0 Å². The fraction of sp³-hybridized carbons (Fsp3) is 0.800. The Balaban J connectivity index is 3.16. The molecule has 0 bridgehead atoms. The van der Waals surface area contributed by atoms with Crippen LogP contribution in [-0.4, -0.2) is 49.7 Å². The monoisotopic (exact) mass is 294 g/mol. The lowest BCUT2D eigenvalue weighted by molar-refractivity contribution is 0.241. The molecule has 4 amide bonds. The summed E-state index contributed by atoms with van der Waals surface area (Å²) in [6.07, 6.45) is 0. The van der Waals surface area contributed by atoms with Gasteiger partial charge in [0.15, 0.2) is 0 Å². The molecule has 0 saturated heterocycles. The van der Waals surface area contributed by atoms with E-state index in [0.717, 1.165) is 11.5 Å². The van der Waals surface area contributed by atoms with Crippen LogP contribution in [0.1, 0.15) is 13.8 Å². The summed E-state index contributed by atoms with van der Waals surface area (Å²) in [5.41, 5.74) is 0. The van der Waals surface area contributed by atoms with Crippen molar-refractivity contribution in [3.05, 3.63) is 0 Å². The maximum Gasteiger partial charge on any atom is 0.314 e. The first-order valence-electron chi connectivity index (χ1n) is 5.98. The Hall–Kier alpha value is -0.760. The number of nitrogens with one attached hydrogen (secondary N) is 4. The highest BCUT2D eigenvalue weighted by atomic mass is 33.1. The Labute approximate surface area is 116 Å². The Kier molecular flexibility index (Phi) is 12.2. The summed E-state index contributed by atoms with van der Waals surface area (Å²) in [5, 5.41) is 10.8. The van der Waals surface area contributed by atoms with Gasteiger partial charge < -0.3 is 21.3 Å². The minimum Gasteiger partial charge on any atom is -0.338 e. The predicted molar refractivity (Wildman–Crippen MR) is 79.1 cm³/mol. The predicted octanol–water partition coefficient (Wildman–Crippen LogP) is 1.01. The number of hydrogen-bond acceptors (Lipinski definition) is 4. The molecular formula is C10H22N4O2S2. The van der Waals surface area contributed by atoms with E-state index in [4.69, 9.17) is 0 Å². The van der Waals surface area contributed by atoms with Gasteiger partial charge in [0.1, 0.15) is 0 Å². The number of rotatable bonds is 9. The zero-order valence-corrected chi connectivity index (χ0v) is 12.5. The van der Waals surface area contributed by atoms with Crippen LogP contribution in [-0.2, 0) is 0 Å². The molecule has 0 aromatic rings. The van der Waals surface area contributed by atoms with Crippen molar-refractivity contribution in [1.82, 2.24) is 21.3 Å². The highest BCUT2D eigenvalue weighted by Crippen LogP contribution is 2.19. The second-order valence-electron chi connectivity index (χ2n) is 3.22. The maximum atomic E-state index is 11.0. The molecule has 6 nitrogen and oxygen atoms in total. The molecular weight excluding hydrogens is 272 g/mol. The van der Waals surface area contributed by atoms with E-state index in [1.54, 1.807) is 21.6 Å². The molecule has 0 aliphatic heterocycles. The molecule has 18 heavy (non-hydrogen) atoms. The zero-order chi connectivity index (χ0) is 13.6. The van der Waals surface area contributed by atoms with Gasteiger partial charge in [0.2, 0.25) is 0 Å². The van der Waals surface area contributed by atoms with Crippen LogP contribution in [0.3, 0.4) is 0 Å². The fourth-order valence-electron chi connectivity index (χ4n) is 0.976. The van der Waals surface area contributed by atoms with Gasteiger partial charge in [-0.05, 0) is 13.8 Å². The Morgan fingerprint density at radius 1 is 0.778 bits per heavy atom. The summed E-state index contributed by atoms with van der Waals surface area (Å²) in [6.45, 7) is 6.33. The molecule has 0 aliphatic rings. The summed E-state index contributed by atoms with van der Waals surface area (Å²) < 4.78 is 0. The van der Waals surface area contributed by atoms with Gasteiger partial charge in [0.05, 0.1) is 0 Å². The first-order valence-corrected chi connectivity index (χ1v) is 8.47. The summed E-state index contributed by atoms with van der Waals surface area (Å²) in [5.74, 6) is 1.70. The van der Waals surface area contributed by atoms with E-state index < -0.39 is 0 Å². The molecule has 0 aromatic heterocycles. The Morgan fingerprint density at radius 2 is 1.17 bits per heavy atom. The molecule has 0 unspecified atom stereocenters. The average molecular weight is 294 g/mol. The van der Waals surface area contributed by atoms with Crippen molar-refractivity contribution >= 4 is 33.7 Å². The summed E-state index contributed by atoms with van der Waals surface area (Å²) in [6, 6.07) is -0.248. The van der Waals surface area contributed by atoms with Crippen LogP contribution in [0.5, 0.6) is 0 Å². The SMILES string of the molecule is CCNC(=O)NCCSSCCNC(=O)NCC. The van der Waals surface area contributed by atoms with Crippen molar-refractivity contribution in [2.45, 2.75) is 13.8 Å². The second-order valence-corrected chi connectivity index (χ2v) is 5.92. The van der Waals surface area contributed by atoms with Crippen molar-refractivity contribution in [1.29, 1.82) is 0 Å². The van der Waals surface area contributed by atoms with Crippen LogP contribution in [0.2, 0.25) is 0 Å². The van der Waals surface area contributed by atoms with Gasteiger partial charge in [-0.3, -0.25) is 0 Å². The van der Waals surface area contributed by atoms with Crippen LogP contribution in [0.25, 0.3) is 0 Å². The average Bonchev–Trinajstić information content (AvgIpc) is 2.33. The van der Waals surface area contributed by atoms with E-state index in [2.05, 4.69) is 21.3 Å². The van der Waals surface area contributed by atoms with Crippen molar-refractivity contribution in [2.24, 2.45) is 0 Å². The largest absolute Gasteiger partial charge is 0.338 e. The van der Waals surface area contributed by atoms with Gasteiger partial charge in [0, 0.05) is 37.7 Å². The van der Waals surface area contributed by atoms with E-state index in [1.165, 1.54) is 0 Å². The molecule has 4 N–H and O–H groups in total. The quantitative estimate of drug-likeness (QED) is 0.378. The third kappa shape index (κ3) is 11.7. The van der Waals surface area contributed by atoms with Crippen LogP contribution in [0, 0.1) is 0 Å².